The van der Waals surface area contributed by atoms with Crippen molar-refractivity contribution >= 4 is 39.0 Å². The number of carbonyl (C=O) groups excluding carboxylic acids is 1. The van der Waals surface area contributed by atoms with Gasteiger partial charge in [-0.05, 0) is 70.9 Å². The lowest BCUT2D eigenvalue weighted by atomic mass is 10.1. The molecule has 1 heterocycles. The summed E-state index contributed by atoms with van der Waals surface area (Å²) in [6, 6.07) is 15.9. The van der Waals surface area contributed by atoms with E-state index in [9.17, 15) is 22.8 Å². The van der Waals surface area contributed by atoms with E-state index < -0.39 is 29.4 Å². The molecule has 0 unspecified atom stereocenters. The van der Waals surface area contributed by atoms with Gasteiger partial charge in [-0.3, -0.25) is 4.79 Å². The van der Waals surface area contributed by atoms with Crippen molar-refractivity contribution in [3.05, 3.63) is 92.7 Å². The van der Waals surface area contributed by atoms with Gasteiger partial charge in [-0.15, -0.1) is 0 Å². The van der Waals surface area contributed by atoms with Crippen LogP contribution in [0.4, 0.5) is 13.2 Å². The first-order chi connectivity index (χ1) is 17.6. The topological polar surface area (TPSA) is 82.8 Å². The number of fused-ring (bicyclic) bond motifs is 1. The number of hydrogen-bond donors (Lipinski definition) is 0. The summed E-state index contributed by atoms with van der Waals surface area (Å²) in [6.45, 7) is 1.54. The molecule has 7 nitrogen and oxygen atoms in total. The first-order valence-electron chi connectivity index (χ1n) is 10.9. The average molecular weight is 574 g/mol. The first kappa shape index (κ1) is 26.1. The first-order valence-corrected chi connectivity index (χ1v) is 11.7. The van der Waals surface area contributed by atoms with Gasteiger partial charge in [0, 0.05) is 5.56 Å². The minimum Gasteiger partial charge on any atom is -0.478 e. The maximum atomic E-state index is 13.3. The van der Waals surface area contributed by atoms with Gasteiger partial charge in [0.05, 0.1) is 34.3 Å². The van der Waals surface area contributed by atoms with Crippen LogP contribution in [0.5, 0.6) is 5.75 Å². The van der Waals surface area contributed by atoms with Crippen LogP contribution in [0.25, 0.3) is 22.3 Å². The minimum absolute atomic E-state index is 0.0445. The highest BCUT2D eigenvalue weighted by atomic mass is 79.9. The normalized spacial score (nSPS) is 12.6. The summed E-state index contributed by atoms with van der Waals surface area (Å²) in [4.78, 5) is 29.3. The van der Waals surface area contributed by atoms with E-state index in [4.69, 9.17) is 4.74 Å². The van der Waals surface area contributed by atoms with E-state index in [-0.39, 0.29) is 16.8 Å². The molecule has 3 aromatic carbocycles. The second-order valence-corrected chi connectivity index (χ2v) is 8.72. The Balaban J connectivity index is 1.77. The van der Waals surface area contributed by atoms with Crippen molar-refractivity contribution in [2.24, 2.45) is 5.10 Å². The highest BCUT2D eigenvalue weighted by molar-refractivity contribution is 9.10. The molecule has 1 aromatic heterocycles. The zero-order valence-corrected chi connectivity index (χ0v) is 21.1. The summed E-state index contributed by atoms with van der Waals surface area (Å²) in [6.07, 6.45) is -4.03. The molecule has 0 N–H and O–H groups in total. The molecule has 0 radical (unpaired) electrons. The van der Waals surface area contributed by atoms with E-state index >= 15 is 0 Å². The monoisotopic (exact) mass is 573 g/mol. The van der Waals surface area contributed by atoms with Gasteiger partial charge >= 0.3 is 12.1 Å². The third-order valence-corrected chi connectivity index (χ3v) is 5.94. The second kappa shape index (κ2) is 10.6. The number of aromatic nitrogens is 2. The van der Waals surface area contributed by atoms with Gasteiger partial charge < -0.3 is 9.47 Å². The lowest BCUT2D eigenvalue weighted by Crippen LogP contribution is -2.25. The van der Waals surface area contributed by atoms with Gasteiger partial charge in [-0.25, -0.2) is 9.78 Å². The number of ether oxygens (including phenoxy) is 2. The van der Waals surface area contributed by atoms with Crippen molar-refractivity contribution in [2.45, 2.75) is 19.2 Å². The number of carbonyl (C=O) groups is 1. The van der Waals surface area contributed by atoms with Crippen molar-refractivity contribution in [3.8, 4) is 17.1 Å². The van der Waals surface area contributed by atoms with Crippen molar-refractivity contribution in [1.82, 2.24) is 9.66 Å². The number of nitrogens with zero attached hydrogens (tertiary/aromatic N) is 3. The molecule has 4 rings (SSSR count). The molecule has 0 fully saturated rings. The van der Waals surface area contributed by atoms with E-state index in [1.165, 1.54) is 25.5 Å². The summed E-state index contributed by atoms with van der Waals surface area (Å²) in [7, 11) is 1.26. The minimum atomic E-state index is -4.57. The fraction of sp³-hybridized carbons (Fsp3) is 0.154. The number of esters is 1. The number of halogens is 4. The van der Waals surface area contributed by atoms with Crippen LogP contribution in [0, 0.1) is 0 Å². The fourth-order valence-electron chi connectivity index (χ4n) is 3.47. The zero-order chi connectivity index (χ0) is 26.7. The number of alkyl halides is 3. The molecule has 0 aliphatic heterocycles. The Bertz CT molecular complexity index is 1570. The second-order valence-electron chi connectivity index (χ2n) is 7.87. The summed E-state index contributed by atoms with van der Waals surface area (Å²) >= 11 is 3.37. The molecule has 0 saturated carbocycles. The fourth-order valence-corrected chi connectivity index (χ4v) is 3.96. The van der Waals surface area contributed by atoms with Crippen LogP contribution in [0.3, 0.4) is 0 Å². The maximum Gasteiger partial charge on any atom is 0.416 e. The van der Waals surface area contributed by atoms with Gasteiger partial charge in [0.1, 0.15) is 5.75 Å². The van der Waals surface area contributed by atoms with Gasteiger partial charge in [-0.2, -0.15) is 22.9 Å². The van der Waals surface area contributed by atoms with Crippen LogP contribution in [0.1, 0.15) is 18.1 Å². The lowest BCUT2D eigenvalue weighted by molar-refractivity contribution is -0.148. The van der Waals surface area contributed by atoms with Gasteiger partial charge in [0.25, 0.3) is 5.56 Å². The number of benzene rings is 3. The molecule has 190 valence electrons. The smallest absolute Gasteiger partial charge is 0.416 e. The number of methoxy groups -OCH3 is 1. The molecule has 11 heteroatoms. The van der Waals surface area contributed by atoms with Crippen LogP contribution in [-0.2, 0) is 15.7 Å². The summed E-state index contributed by atoms with van der Waals surface area (Å²) in [5, 5.41) is 4.53. The van der Waals surface area contributed by atoms with Crippen molar-refractivity contribution in [3.63, 3.8) is 0 Å². The zero-order valence-electron chi connectivity index (χ0n) is 19.5. The van der Waals surface area contributed by atoms with Crippen molar-refractivity contribution in [1.29, 1.82) is 0 Å². The molecule has 0 bridgehead atoms. The Kier molecular flexibility index (Phi) is 7.44. The van der Waals surface area contributed by atoms with E-state index in [0.29, 0.717) is 21.3 Å². The lowest BCUT2D eigenvalue weighted by Gasteiger charge is -2.14. The Hall–Kier alpha value is -3.99. The predicted octanol–water partition coefficient (Wildman–Crippen LogP) is 5.67. The SMILES string of the molecule is COC(=O)[C@H](C)Oc1ccc(C=Nn2c(-c3cccc(C(F)(F)F)c3)nc3ccccc3c2=O)cc1Br. The third kappa shape index (κ3) is 5.72. The van der Waals surface area contributed by atoms with E-state index in [2.05, 4.69) is 30.8 Å². The summed E-state index contributed by atoms with van der Waals surface area (Å²) in [5.74, 6) is -0.205. The standard InChI is InChI=1S/C26H19BrF3N3O4/c1-15(25(35)36-2)37-22-11-10-16(12-20(22)27)14-31-33-23(17-6-5-7-18(13-17)26(28,29)30)32-21-9-4-3-8-19(21)24(33)34/h3-15H,1-2H3/t15-/m0/s1. The molecule has 0 saturated heterocycles. The average Bonchev–Trinajstić information content (AvgIpc) is 2.88. The van der Waals surface area contributed by atoms with E-state index in [1.54, 1.807) is 49.4 Å². The largest absolute Gasteiger partial charge is 0.478 e. The molecule has 4 aromatic rings. The van der Waals surface area contributed by atoms with Crippen LogP contribution < -0.4 is 10.3 Å². The Morgan fingerprint density at radius 2 is 1.86 bits per heavy atom. The quantitative estimate of drug-likeness (QED) is 0.219. The Morgan fingerprint density at radius 1 is 1.11 bits per heavy atom. The van der Waals surface area contributed by atoms with Crippen LogP contribution in [0.2, 0.25) is 0 Å². The summed E-state index contributed by atoms with van der Waals surface area (Å²) in [5.41, 5.74) is -0.462. The molecule has 0 aliphatic rings. The van der Waals surface area contributed by atoms with Gasteiger partial charge in [-0.1, -0.05) is 24.3 Å². The number of para-hydroxylation sites is 1. The van der Waals surface area contributed by atoms with Crippen molar-refractivity contribution < 1.29 is 27.4 Å². The van der Waals surface area contributed by atoms with Crippen LogP contribution >= 0.6 is 15.9 Å². The van der Waals surface area contributed by atoms with Crippen LogP contribution in [0.15, 0.2) is 81.1 Å². The molecular formula is C26H19BrF3N3O4. The third-order valence-electron chi connectivity index (χ3n) is 5.32. The Morgan fingerprint density at radius 3 is 2.57 bits per heavy atom. The number of hydrogen-bond acceptors (Lipinski definition) is 6. The van der Waals surface area contributed by atoms with E-state index in [1.807, 2.05) is 0 Å². The van der Waals surface area contributed by atoms with Crippen LogP contribution in [-0.4, -0.2) is 35.1 Å². The summed E-state index contributed by atoms with van der Waals surface area (Å²) < 4.78 is 51.7. The Labute approximate surface area is 217 Å². The maximum absolute atomic E-state index is 13.3. The van der Waals surface area contributed by atoms with Gasteiger partial charge in [0.2, 0.25) is 0 Å². The highest BCUT2D eigenvalue weighted by Gasteiger charge is 2.31. The number of rotatable bonds is 6. The van der Waals surface area contributed by atoms with Gasteiger partial charge in [0.15, 0.2) is 11.9 Å². The molecule has 0 aliphatic carbocycles. The molecule has 0 amide bonds. The molecule has 37 heavy (non-hydrogen) atoms. The molecule has 1 atom stereocenters. The van der Waals surface area contributed by atoms with E-state index in [0.717, 1.165) is 16.8 Å². The molecular weight excluding hydrogens is 555 g/mol. The van der Waals surface area contributed by atoms with Crippen molar-refractivity contribution in [2.75, 3.05) is 7.11 Å². The highest BCUT2D eigenvalue weighted by Crippen LogP contribution is 2.32. The predicted molar refractivity (Wildman–Crippen MR) is 136 cm³/mol. The molecule has 0 spiro atoms.